The Kier molecular flexibility index (Phi) is 22.2. The molecule has 0 rings (SSSR count). The van der Waals surface area contributed by atoms with Gasteiger partial charge in [-0.1, -0.05) is 0 Å². The van der Waals surface area contributed by atoms with E-state index in [0.29, 0.717) is 0 Å². The Labute approximate surface area is 69.8 Å². The summed E-state index contributed by atoms with van der Waals surface area (Å²) < 4.78 is 0. The molecule has 0 atom stereocenters. The predicted molar refractivity (Wildman–Crippen MR) is 33.7 cm³/mol. The molecule has 3 nitrogen and oxygen atoms in total. The average molecular weight is 133 g/mol. The molecule has 0 spiro atoms. The summed E-state index contributed by atoms with van der Waals surface area (Å²) in [6.07, 6.45) is 0. The van der Waals surface area contributed by atoms with Gasteiger partial charge in [-0.3, -0.25) is 4.79 Å². The van der Waals surface area contributed by atoms with Gasteiger partial charge in [-0.15, -0.1) is 0 Å². The standard InChI is InChI=1S/C2H4O2S.H3N.Na.H/c3-2(4)1-5;;;/h5H,1H2,(H,3,4);1H3;;. The van der Waals surface area contributed by atoms with Crippen LogP contribution < -0.4 is 6.15 Å². The molecule has 0 fully saturated rings. The van der Waals surface area contributed by atoms with Gasteiger partial charge in [0.15, 0.2) is 0 Å². The maximum absolute atomic E-state index is 9.29. The molecule has 0 aliphatic carbocycles. The van der Waals surface area contributed by atoms with Gasteiger partial charge in [0, 0.05) is 0 Å². The third-order valence-corrected chi connectivity index (χ3v) is 0.406. The van der Waals surface area contributed by atoms with E-state index in [1.807, 2.05) is 0 Å². The molecule has 5 heteroatoms. The predicted octanol–water partition coefficient (Wildman–Crippen LogP) is -0.486. The maximum atomic E-state index is 9.29. The Balaban J connectivity index is -0.0000000800. The van der Waals surface area contributed by atoms with Crippen molar-refractivity contribution in [2.75, 3.05) is 5.75 Å². The number of aliphatic carboxylic acids is 1. The number of carboxylic acid groups (broad SMARTS) is 1. The first-order valence-electron chi connectivity index (χ1n) is 1.10. The zero-order valence-electron chi connectivity index (χ0n) is 3.22. The van der Waals surface area contributed by atoms with Crippen molar-refractivity contribution in [2.24, 2.45) is 0 Å². The molecule has 0 bridgehead atoms. The van der Waals surface area contributed by atoms with Gasteiger partial charge in [0.1, 0.15) is 0 Å². The summed E-state index contributed by atoms with van der Waals surface area (Å²) in [6.45, 7) is 0. The van der Waals surface area contributed by atoms with Crippen molar-refractivity contribution in [3.8, 4) is 0 Å². The Bertz CT molecular complexity index is 51.0. The second-order valence-electron chi connectivity index (χ2n) is 0.552. The molecule has 0 aromatic carbocycles. The van der Waals surface area contributed by atoms with Crippen molar-refractivity contribution in [2.45, 2.75) is 0 Å². The summed E-state index contributed by atoms with van der Waals surface area (Å²) in [4.78, 5) is 9.29. The molecule has 0 saturated carbocycles. The van der Waals surface area contributed by atoms with Gasteiger partial charge in [0.05, 0.1) is 5.75 Å². The average Bonchev–Trinajstić information content (AvgIpc) is 1.38. The van der Waals surface area contributed by atoms with Crippen LogP contribution in [0.2, 0.25) is 0 Å². The molecule has 0 radical (unpaired) electrons. The third kappa shape index (κ3) is 20.0. The third-order valence-electron chi connectivity index (χ3n) is 0.135. The van der Waals surface area contributed by atoms with Crippen molar-refractivity contribution in [3.63, 3.8) is 0 Å². The van der Waals surface area contributed by atoms with Gasteiger partial charge in [0.2, 0.25) is 0 Å². The van der Waals surface area contributed by atoms with Gasteiger partial charge in [-0.25, -0.2) is 0 Å². The topological polar surface area (TPSA) is 72.3 Å². The summed E-state index contributed by atoms with van der Waals surface area (Å²) >= 11 is 3.42. The van der Waals surface area contributed by atoms with Crippen LogP contribution in [0.3, 0.4) is 0 Å². The van der Waals surface area contributed by atoms with Crippen molar-refractivity contribution >= 4 is 48.2 Å². The van der Waals surface area contributed by atoms with Crippen molar-refractivity contribution in [3.05, 3.63) is 0 Å². The number of rotatable bonds is 1. The Morgan fingerprint density at radius 3 is 1.86 bits per heavy atom. The van der Waals surface area contributed by atoms with E-state index in [4.69, 9.17) is 5.11 Å². The monoisotopic (exact) mass is 133 g/mol. The molecule has 0 amide bonds. The first-order chi connectivity index (χ1) is 2.27. The van der Waals surface area contributed by atoms with E-state index in [2.05, 4.69) is 12.6 Å². The molecule has 7 heavy (non-hydrogen) atoms. The molecule has 40 valence electrons. The molecule has 0 aliphatic heterocycles. The molecule has 0 aromatic rings. The van der Waals surface area contributed by atoms with E-state index in [1.54, 1.807) is 0 Å². The SMILES string of the molecule is N.O=C(O)CS.[NaH]. The molecule has 4 N–H and O–H groups in total. The van der Waals surface area contributed by atoms with E-state index in [0.717, 1.165) is 0 Å². The Hall–Kier alpha value is 0.780. The number of carbonyl (C=O) groups is 1. The summed E-state index contributed by atoms with van der Waals surface area (Å²) in [7, 11) is 0. The zero-order valence-corrected chi connectivity index (χ0v) is 4.11. The van der Waals surface area contributed by atoms with Crippen LogP contribution in [0.4, 0.5) is 0 Å². The van der Waals surface area contributed by atoms with Crippen LogP contribution in [0, 0.1) is 0 Å². The fourth-order valence-electron chi connectivity index (χ4n) is 0. The van der Waals surface area contributed by atoms with Crippen LogP contribution in [-0.2, 0) is 4.79 Å². The summed E-state index contributed by atoms with van der Waals surface area (Å²) in [5.74, 6) is -0.965. The minimum atomic E-state index is -0.881. The molecule has 0 aliphatic rings. The van der Waals surface area contributed by atoms with Gasteiger partial charge in [-0.2, -0.15) is 12.6 Å². The van der Waals surface area contributed by atoms with Crippen LogP contribution in [0.25, 0.3) is 0 Å². The molecule has 0 unspecified atom stereocenters. The van der Waals surface area contributed by atoms with Crippen LogP contribution >= 0.6 is 12.6 Å². The van der Waals surface area contributed by atoms with Crippen LogP contribution in [-0.4, -0.2) is 46.4 Å². The quantitative estimate of drug-likeness (QED) is 0.334. The number of hydrogen-bond donors (Lipinski definition) is 3. The number of carboxylic acids is 1. The number of hydrogen-bond acceptors (Lipinski definition) is 3. The van der Waals surface area contributed by atoms with E-state index >= 15 is 0 Å². The molecule has 0 heterocycles. The second kappa shape index (κ2) is 9.91. The first-order valence-corrected chi connectivity index (χ1v) is 1.73. The Morgan fingerprint density at radius 2 is 1.86 bits per heavy atom. The second-order valence-corrected chi connectivity index (χ2v) is 0.868. The fourth-order valence-corrected chi connectivity index (χ4v) is 0. The van der Waals surface area contributed by atoms with E-state index < -0.39 is 5.97 Å². The van der Waals surface area contributed by atoms with E-state index in [-0.39, 0.29) is 41.5 Å². The normalized spacial score (nSPS) is 5.29. The van der Waals surface area contributed by atoms with Gasteiger partial charge >= 0.3 is 35.5 Å². The number of thiol groups is 1. The van der Waals surface area contributed by atoms with E-state index in [9.17, 15) is 4.79 Å². The van der Waals surface area contributed by atoms with Crippen molar-refractivity contribution in [1.29, 1.82) is 0 Å². The van der Waals surface area contributed by atoms with Gasteiger partial charge in [-0.05, 0) is 0 Å². The molecular weight excluding hydrogens is 125 g/mol. The fraction of sp³-hybridized carbons (Fsp3) is 0.500. The Morgan fingerprint density at radius 1 is 1.71 bits per heavy atom. The molecular formula is C2H8NNaO2S. The zero-order chi connectivity index (χ0) is 4.28. The summed E-state index contributed by atoms with van der Waals surface area (Å²) in [5.41, 5.74) is 0. The molecule has 0 aromatic heterocycles. The van der Waals surface area contributed by atoms with Crippen molar-refractivity contribution in [1.82, 2.24) is 6.15 Å². The summed E-state index contributed by atoms with van der Waals surface area (Å²) in [5, 5.41) is 7.65. The minimum absolute atomic E-state index is 0. The summed E-state index contributed by atoms with van der Waals surface area (Å²) in [6, 6.07) is 0. The van der Waals surface area contributed by atoms with Crippen LogP contribution in [0.5, 0.6) is 0 Å². The van der Waals surface area contributed by atoms with Gasteiger partial charge in [0.25, 0.3) is 0 Å². The first kappa shape index (κ1) is 15.7. The van der Waals surface area contributed by atoms with Crippen molar-refractivity contribution < 1.29 is 9.90 Å². The van der Waals surface area contributed by atoms with E-state index in [1.165, 1.54) is 0 Å². The van der Waals surface area contributed by atoms with Gasteiger partial charge < -0.3 is 11.3 Å². The van der Waals surface area contributed by atoms with Crippen LogP contribution in [0.15, 0.2) is 0 Å². The molecule has 0 saturated heterocycles. The van der Waals surface area contributed by atoms with Crippen LogP contribution in [0.1, 0.15) is 0 Å².